The number of nitrogens with zero attached hydrogens (tertiary/aromatic N) is 1. The molecule has 20 heavy (non-hydrogen) atoms. The molecule has 1 atom stereocenters. The second kappa shape index (κ2) is 6.46. The van der Waals surface area contributed by atoms with Crippen molar-refractivity contribution >= 4 is 15.9 Å². The van der Waals surface area contributed by atoms with Crippen LogP contribution in [-0.2, 0) is 0 Å². The van der Waals surface area contributed by atoms with Crippen LogP contribution in [0.3, 0.4) is 0 Å². The Morgan fingerprint density at radius 2 is 2.05 bits per heavy atom. The van der Waals surface area contributed by atoms with E-state index >= 15 is 0 Å². The van der Waals surface area contributed by atoms with Crippen molar-refractivity contribution in [3.05, 3.63) is 28.2 Å². The van der Waals surface area contributed by atoms with Crippen LogP contribution in [0.4, 0.5) is 0 Å². The molecule has 0 radical (unpaired) electrons. The molecule has 0 saturated carbocycles. The molecule has 2 aliphatic rings. The van der Waals surface area contributed by atoms with Crippen LogP contribution in [0.1, 0.15) is 37.3 Å². The van der Waals surface area contributed by atoms with Crippen molar-refractivity contribution in [1.82, 2.24) is 10.2 Å². The Morgan fingerprint density at radius 1 is 1.25 bits per heavy atom. The van der Waals surface area contributed by atoms with Crippen LogP contribution in [0, 0.1) is 0 Å². The molecule has 1 saturated heterocycles. The number of piperidine rings is 1. The summed E-state index contributed by atoms with van der Waals surface area (Å²) in [7, 11) is 2.21. The average Bonchev–Trinajstić information content (AvgIpc) is 2.63. The molecule has 1 aromatic rings. The van der Waals surface area contributed by atoms with Crippen LogP contribution >= 0.6 is 15.9 Å². The second-order valence-corrected chi connectivity index (χ2v) is 6.89. The zero-order valence-corrected chi connectivity index (χ0v) is 13.7. The number of hydrogen-bond donors (Lipinski definition) is 1. The van der Waals surface area contributed by atoms with Crippen LogP contribution in [-0.4, -0.2) is 37.7 Å². The van der Waals surface area contributed by atoms with E-state index in [2.05, 4.69) is 51.4 Å². The van der Waals surface area contributed by atoms with E-state index in [1.165, 1.54) is 37.9 Å². The predicted octanol–water partition coefficient (Wildman–Crippen LogP) is 3.35. The summed E-state index contributed by atoms with van der Waals surface area (Å²) in [5.74, 6) is 1.04. The summed E-state index contributed by atoms with van der Waals surface area (Å²) in [6.07, 6.45) is 4.79. The lowest BCUT2D eigenvalue weighted by atomic mass is 9.98. The van der Waals surface area contributed by atoms with E-state index in [4.69, 9.17) is 4.74 Å². The van der Waals surface area contributed by atoms with Gasteiger partial charge in [-0.15, -0.1) is 0 Å². The first-order valence-corrected chi connectivity index (χ1v) is 8.38. The molecule has 0 aliphatic carbocycles. The molecule has 1 fully saturated rings. The van der Waals surface area contributed by atoms with Gasteiger partial charge in [-0.1, -0.05) is 22.0 Å². The van der Waals surface area contributed by atoms with Gasteiger partial charge in [0.15, 0.2) is 0 Å². The van der Waals surface area contributed by atoms with Gasteiger partial charge in [-0.2, -0.15) is 0 Å². The molecule has 0 amide bonds. The van der Waals surface area contributed by atoms with Crippen molar-refractivity contribution in [3.63, 3.8) is 0 Å². The molecule has 1 unspecified atom stereocenters. The largest absolute Gasteiger partial charge is 0.493 e. The minimum Gasteiger partial charge on any atom is -0.493 e. The lowest BCUT2D eigenvalue weighted by Crippen LogP contribution is -2.42. The average molecular weight is 339 g/mol. The minimum atomic E-state index is 0.439. The van der Waals surface area contributed by atoms with Crippen molar-refractivity contribution in [1.29, 1.82) is 0 Å². The Balaban J connectivity index is 1.73. The standard InChI is InChI=1S/C16H23BrN2O/c1-19-8-6-13(7-9-19)18-15-3-2-10-20-16-11-12(17)4-5-14(15)16/h4-5,11,13,15,18H,2-3,6-10H2,1H3. The van der Waals surface area contributed by atoms with E-state index in [0.29, 0.717) is 12.1 Å². The highest BCUT2D eigenvalue weighted by Crippen LogP contribution is 2.34. The van der Waals surface area contributed by atoms with Crippen molar-refractivity contribution in [2.75, 3.05) is 26.7 Å². The molecule has 4 heteroatoms. The van der Waals surface area contributed by atoms with Gasteiger partial charge in [0.05, 0.1) is 6.61 Å². The molecular weight excluding hydrogens is 316 g/mol. The number of nitrogens with one attached hydrogen (secondary N) is 1. The molecule has 110 valence electrons. The maximum atomic E-state index is 5.89. The Morgan fingerprint density at radius 3 is 2.85 bits per heavy atom. The highest BCUT2D eigenvalue weighted by atomic mass is 79.9. The molecule has 2 heterocycles. The van der Waals surface area contributed by atoms with E-state index in [0.717, 1.165) is 23.2 Å². The zero-order valence-electron chi connectivity index (χ0n) is 12.1. The fourth-order valence-electron chi connectivity index (χ4n) is 3.18. The number of fused-ring (bicyclic) bond motifs is 1. The molecule has 2 aliphatic heterocycles. The van der Waals surface area contributed by atoms with E-state index in [-0.39, 0.29) is 0 Å². The summed E-state index contributed by atoms with van der Waals surface area (Å²) < 4.78 is 6.98. The molecule has 1 aromatic carbocycles. The lowest BCUT2D eigenvalue weighted by Gasteiger charge is -2.32. The third-order valence-corrected chi connectivity index (χ3v) is 4.89. The summed E-state index contributed by atoms with van der Waals surface area (Å²) in [5, 5.41) is 3.87. The zero-order chi connectivity index (χ0) is 13.9. The molecule has 1 N–H and O–H groups in total. The monoisotopic (exact) mass is 338 g/mol. The van der Waals surface area contributed by atoms with Gasteiger partial charge >= 0.3 is 0 Å². The maximum Gasteiger partial charge on any atom is 0.125 e. The summed E-state index contributed by atoms with van der Waals surface area (Å²) in [4.78, 5) is 2.42. The van der Waals surface area contributed by atoms with Crippen molar-refractivity contribution in [3.8, 4) is 5.75 Å². The van der Waals surface area contributed by atoms with E-state index in [1.807, 2.05) is 0 Å². The Labute approximate surface area is 129 Å². The first-order valence-electron chi connectivity index (χ1n) is 7.59. The van der Waals surface area contributed by atoms with Gasteiger partial charge < -0.3 is 15.0 Å². The molecule has 0 spiro atoms. The van der Waals surface area contributed by atoms with Gasteiger partial charge in [-0.05, 0) is 58.0 Å². The molecule has 3 nitrogen and oxygen atoms in total. The summed E-state index contributed by atoms with van der Waals surface area (Å²) >= 11 is 3.54. The first kappa shape index (κ1) is 14.4. The normalized spacial score (nSPS) is 24.8. The predicted molar refractivity (Wildman–Crippen MR) is 85.3 cm³/mol. The second-order valence-electron chi connectivity index (χ2n) is 5.97. The topological polar surface area (TPSA) is 24.5 Å². The van der Waals surface area contributed by atoms with E-state index < -0.39 is 0 Å². The quantitative estimate of drug-likeness (QED) is 0.894. The number of likely N-dealkylation sites (tertiary alicyclic amines) is 1. The van der Waals surface area contributed by atoms with Crippen LogP contribution in [0.5, 0.6) is 5.75 Å². The van der Waals surface area contributed by atoms with Crippen LogP contribution in [0.15, 0.2) is 22.7 Å². The third-order valence-electron chi connectivity index (χ3n) is 4.40. The number of ether oxygens (including phenoxy) is 1. The highest BCUT2D eigenvalue weighted by Gasteiger charge is 2.24. The van der Waals surface area contributed by atoms with Gasteiger partial charge in [0.1, 0.15) is 5.75 Å². The SMILES string of the molecule is CN1CCC(NC2CCCOc3cc(Br)ccc32)CC1. The number of rotatable bonds is 2. The maximum absolute atomic E-state index is 5.89. The minimum absolute atomic E-state index is 0.439. The van der Waals surface area contributed by atoms with Crippen molar-refractivity contribution < 1.29 is 4.74 Å². The van der Waals surface area contributed by atoms with Crippen molar-refractivity contribution in [2.24, 2.45) is 0 Å². The van der Waals surface area contributed by atoms with Crippen LogP contribution in [0.25, 0.3) is 0 Å². The molecule has 3 rings (SSSR count). The Kier molecular flexibility index (Phi) is 4.64. The van der Waals surface area contributed by atoms with Gasteiger partial charge in [-0.25, -0.2) is 0 Å². The van der Waals surface area contributed by atoms with Gasteiger partial charge in [-0.3, -0.25) is 0 Å². The van der Waals surface area contributed by atoms with Gasteiger partial charge in [0.2, 0.25) is 0 Å². The fourth-order valence-corrected chi connectivity index (χ4v) is 3.52. The Hall–Kier alpha value is -0.580. The number of halogens is 1. The fraction of sp³-hybridized carbons (Fsp3) is 0.625. The lowest BCUT2D eigenvalue weighted by molar-refractivity contribution is 0.222. The molecule has 0 bridgehead atoms. The number of benzene rings is 1. The molecular formula is C16H23BrN2O. The highest BCUT2D eigenvalue weighted by molar-refractivity contribution is 9.10. The third kappa shape index (κ3) is 3.35. The summed E-state index contributed by atoms with van der Waals surface area (Å²) in [5.41, 5.74) is 1.32. The summed E-state index contributed by atoms with van der Waals surface area (Å²) in [6.45, 7) is 3.23. The van der Waals surface area contributed by atoms with E-state index in [9.17, 15) is 0 Å². The van der Waals surface area contributed by atoms with Gasteiger partial charge in [0, 0.05) is 22.1 Å². The van der Waals surface area contributed by atoms with Gasteiger partial charge in [0.25, 0.3) is 0 Å². The Bertz CT molecular complexity index is 458. The van der Waals surface area contributed by atoms with Crippen molar-refractivity contribution in [2.45, 2.75) is 37.8 Å². The van der Waals surface area contributed by atoms with Crippen LogP contribution < -0.4 is 10.1 Å². The smallest absolute Gasteiger partial charge is 0.125 e. The van der Waals surface area contributed by atoms with E-state index in [1.54, 1.807) is 0 Å². The van der Waals surface area contributed by atoms with Crippen LogP contribution in [0.2, 0.25) is 0 Å². The number of hydrogen-bond acceptors (Lipinski definition) is 3. The molecule has 0 aromatic heterocycles. The first-order chi connectivity index (χ1) is 9.72. The summed E-state index contributed by atoms with van der Waals surface area (Å²) in [6, 6.07) is 7.51.